The van der Waals surface area contributed by atoms with E-state index in [2.05, 4.69) is 53.0 Å². The number of halogens is 2. The zero-order valence-electron chi connectivity index (χ0n) is 25.7. The monoisotopic (exact) mass is 716 g/mol. The predicted octanol–water partition coefficient (Wildman–Crippen LogP) is 6.60. The van der Waals surface area contributed by atoms with Crippen LogP contribution in [0.25, 0.3) is 11.0 Å². The average Bonchev–Trinajstić information content (AvgIpc) is 3.35. The van der Waals surface area contributed by atoms with Gasteiger partial charge in [0.25, 0.3) is 0 Å². The van der Waals surface area contributed by atoms with Gasteiger partial charge in [-0.25, -0.2) is 19.2 Å². The highest BCUT2D eigenvalue weighted by Gasteiger charge is 2.39. The molecule has 0 N–H and O–H groups in total. The Morgan fingerprint density at radius 2 is 1.75 bits per heavy atom. The number of aromatic nitrogens is 4. The molecule has 0 atom stereocenters. The molecule has 4 aromatic rings. The van der Waals surface area contributed by atoms with Gasteiger partial charge in [0.2, 0.25) is 24.6 Å². The number of piperidine rings is 1. The molecule has 10 nitrogen and oxygen atoms in total. The lowest BCUT2D eigenvalue weighted by molar-refractivity contribution is -0.0513. The molecule has 3 heterocycles. The van der Waals surface area contributed by atoms with Crippen LogP contribution in [0.1, 0.15) is 46.1 Å². The van der Waals surface area contributed by atoms with Gasteiger partial charge in [-0.15, -0.1) is 0 Å². The molecule has 234 valence electrons. The van der Waals surface area contributed by atoms with Crippen LogP contribution in [0.4, 0.5) is 21.1 Å². The van der Waals surface area contributed by atoms with Crippen molar-refractivity contribution in [3.63, 3.8) is 0 Å². The molecular weight excluding hydrogens is 678 g/mol. The van der Waals surface area contributed by atoms with Gasteiger partial charge in [0.05, 0.1) is 21.0 Å². The summed E-state index contributed by atoms with van der Waals surface area (Å²) in [6, 6.07) is 16.6. The SMILES string of the molecule is CN(c1nccc(OCOC(=O)OC(C)(C)C(C)(C)I)n1)C1CCN(c2nc3ccccc3n2Cc2ccc(F)cc2)CC1. The molecule has 1 aliphatic heterocycles. The number of anilines is 2. The van der Waals surface area contributed by atoms with Crippen molar-refractivity contribution in [2.75, 3.05) is 36.7 Å². The van der Waals surface area contributed by atoms with Crippen molar-refractivity contribution < 1.29 is 23.4 Å². The van der Waals surface area contributed by atoms with Gasteiger partial charge < -0.3 is 28.6 Å². The molecule has 0 bridgehead atoms. The third-order valence-electron chi connectivity index (χ3n) is 8.27. The third-order valence-corrected chi connectivity index (χ3v) is 9.57. The molecule has 44 heavy (non-hydrogen) atoms. The second kappa shape index (κ2) is 13.1. The summed E-state index contributed by atoms with van der Waals surface area (Å²) in [6.45, 7) is 9.52. The van der Waals surface area contributed by atoms with Crippen LogP contribution in [0.15, 0.2) is 60.8 Å². The van der Waals surface area contributed by atoms with Crippen LogP contribution in [0.5, 0.6) is 5.88 Å². The van der Waals surface area contributed by atoms with E-state index in [1.165, 1.54) is 12.1 Å². The van der Waals surface area contributed by atoms with Crippen molar-refractivity contribution in [2.45, 2.75) is 62.1 Å². The molecule has 1 fully saturated rings. The molecule has 0 spiro atoms. The molecule has 0 saturated carbocycles. The fourth-order valence-electron chi connectivity index (χ4n) is 4.93. The first-order valence-corrected chi connectivity index (χ1v) is 15.7. The average molecular weight is 717 g/mol. The number of para-hydroxylation sites is 2. The molecule has 0 aliphatic carbocycles. The molecule has 1 aliphatic rings. The number of benzene rings is 2. The number of rotatable bonds is 10. The highest BCUT2D eigenvalue weighted by Crippen LogP contribution is 2.34. The van der Waals surface area contributed by atoms with E-state index in [0.29, 0.717) is 18.4 Å². The number of nitrogens with zero attached hydrogens (tertiary/aromatic N) is 6. The van der Waals surface area contributed by atoms with Crippen LogP contribution in [0, 0.1) is 5.82 Å². The molecule has 0 amide bonds. The molecule has 5 rings (SSSR count). The molecule has 0 unspecified atom stereocenters. The van der Waals surface area contributed by atoms with E-state index in [0.717, 1.165) is 48.5 Å². The van der Waals surface area contributed by atoms with E-state index in [9.17, 15) is 9.18 Å². The van der Waals surface area contributed by atoms with Crippen LogP contribution in [-0.2, 0) is 16.0 Å². The van der Waals surface area contributed by atoms with E-state index in [4.69, 9.17) is 19.2 Å². The summed E-state index contributed by atoms with van der Waals surface area (Å²) in [7, 11) is 1.98. The van der Waals surface area contributed by atoms with Crippen LogP contribution >= 0.6 is 22.6 Å². The Kier molecular flexibility index (Phi) is 9.47. The van der Waals surface area contributed by atoms with Crippen LogP contribution in [-0.4, -0.2) is 67.7 Å². The van der Waals surface area contributed by atoms with Gasteiger partial charge in [-0.1, -0.05) is 46.9 Å². The highest BCUT2D eigenvalue weighted by atomic mass is 127. The summed E-state index contributed by atoms with van der Waals surface area (Å²) in [6.07, 6.45) is 2.58. The number of carbonyl (C=O) groups is 1. The maximum Gasteiger partial charge on any atom is 0.511 e. The van der Waals surface area contributed by atoms with Crippen molar-refractivity contribution in [1.82, 2.24) is 19.5 Å². The Morgan fingerprint density at radius 1 is 1.05 bits per heavy atom. The van der Waals surface area contributed by atoms with Crippen LogP contribution < -0.4 is 14.5 Å². The van der Waals surface area contributed by atoms with E-state index >= 15 is 0 Å². The summed E-state index contributed by atoms with van der Waals surface area (Å²) in [4.78, 5) is 30.5. The molecule has 0 radical (unpaired) electrons. The topological polar surface area (TPSA) is 94.8 Å². The molecule has 12 heteroatoms. The van der Waals surface area contributed by atoms with Crippen molar-refractivity contribution in [3.8, 4) is 5.88 Å². The maximum atomic E-state index is 13.5. The first-order chi connectivity index (χ1) is 20.9. The van der Waals surface area contributed by atoms with Crippen molar-refractivity contribution in [3.05, 3.63) is 72.2 Å². The largest absolute Gasteiger partial charge is 0.511 e. The summed E-state index contributed by atoms with van der Waals surface area (Å²) >= 11 is 2.24. The van der Waals surface area contributed by atoms with Gasteiger partial charge in [-0.05, 0) is 70.4 Å². The lowest BCUT2D eigenvalue weighted by atomic mass is 9.95. The van der Waals surface area contributed by atoms with Gasteiger partial charge in [-0.2, -0.15) is 4.98 Å². The zero-order chi connectivity index (χ0) is 31.5. The normalized spacial score (nSPS) is 14.5. The number of hydrogen-bond acceptors (Lipinski definition) is 9. The van der Waals surface area contributed by atoms with E-state index in [-0.39, 0.29) is 22.1 Å². The van der Waals surface area contributed by atoms with Crippen LogP contribution in [0.2, 0.25) is 0 Å². The number of alkyl halides is 1. The van der Waals surface area contributed by atoms with E-state index in [1.807, 2.05) is 65.1 Å². The Bertz CT molecular complexity index is 1580. The Hall–Kier alpha value is -3.68. The number of carbonyl (C=O) groups excluding carboxylic acids is 1. The van der Waals surface area contributed by atoms with Gasteiger partial charge in [-0.3, -0.25) is 0 Å². The summed E-state index contributed by atoms with van der Waals surface area (Å²) < 4.78 is 31.6. The summed E-state index contributed by atoms with van der Waals surface area (Å²) in [5.74, 6) is 1.49. The van der Waals surface area contributed by atoms with Gasteiger partial charge in [0.1, 0.15) is 11.4 Å². The lowest BCUT2D eigenvalue weighted by Crippen LogP contribution is -2.45. The fraction of sp³-hybridized carbons (Fsp3) is 0.438. The second-order valence-electron chi connectivity index (χ2n) is 11.9. The van der Waals surface area contributed by atoms with Crippen LogP contribution in [0.3, 0.4) is 0 Å². The van der Waals surface area contributed by atoms with Crippen molar-refractivity contribution in [2.24, 2.45) is 0 Å². The minimum atomic E-state index is -0.802. The van der Waals surface area contributed by atoms with E-state index < -0.39 is 11.8 Å². The zero-order valence-corrected chi connectivity index (χ0v) is 27.8. The Labute approximate surface area is 270 Å². The highest BCUT2D eigenvalue weighted by molar-refractivity contribution is 14.1. The Morgan fingerprint density at radius 3 is 2.45 bits per heavy atom. The standard InChI is InChI=1S/C32H38FIN6O4/c1-31(2,34)32(3,4)44-30(41)43-21-42-27-14-17-35-28(37-27)38(5)24-15-18-39(19-16-24)29-36-25-8-6-7-9-26(25)40(29)20-22-10-12-23(33)13-11-22/h6-14,17,24H,15-16,18-21H2,1-5H3. The molecular formula is C32H38FIN6O4. The van der Waals surface area contributed by atoms with Gasteiger partial charge in [0.15, 0.2) is 0 Å². The number of hydrogen-bond donors (Lipinski definition) is 0. The second-order valence-corrected chi connectivity index (χ2v) is 14.6. The lowest BCUT2D eigenvalue weighted by Gasteiger charge is -2.37. The first kappa shape index (κ1) is 31.7. The number of imidazole rings is 1. The fourth-order valence-corrected chi connectivity index (χ4v) is 5.04. The predicted molar refractivity (Wildman–Crippen MR) is 176 cm³/mol. The summed E-state index contributed by atoms with van der Waals surface area (Å²) in [5.41, 5.74) is 2.27. The minimum Gasteiger partial charge on any atom is -0.440 e. The van der Waals surface area contributed by atoms with Gasteiger partial charge in [0, 0.05) is 38.4 Å². The first-order valence-electron chi connectivity index (χ1n) is 14.6. The number of ether oxygens (including phenoxy) is 3. The van der Waals surface area contributed by atoms with Crippen molar-refractivity contribution >= 4 is 51.7 Å². The smallest absolute Gasteiger partial charge is 0.440 e. The molecule has 2 aromatic heterocycles. The molecule has 1 saturated heterocycles. The maximum absolute atomic E-state index is 13.5. The molecule has 2 aromatic carbocycles. The minimum absolute atomic E-state index is 0.210. The summed E-state index contributed by atoms with van der Waals surface area (Å²) in [5, 5.41) is 0. The quantitative estimate of drug-likeness (QED) is 0.0779. The van der Waals surface area contributed by atoms with Crippen molar-refractivity contribution in [1.29, 1.82) is 0 Å². The number of fused-ring (bicyclic) bond motifs is 1. The Balaban J connectivity index is 1.19. The third kappa shape index (κ3) is 7.33. The van der Waals surface area contributed by atoms with Gasteiger partial charge >= 0.3 is 6.16 Å². The van der Waals surface area contributed by atoms with E-state index in [1.54, 1.807) is 12.3 Å².